The summed E-state index contributed by atoms with van der Waals surface area (Å²) in [6, 6.07) is 1.89. The molecule has 0 saturated heterocycles. The van der Waals surface area contributed by atoms with Gasteiger partial charge in [0.1, 0.15) is 4.83 Å². The molecule has 0 saturated carbocycles. The fraction of sp³-hybridized carbons (Fsp3) is 0. The average Bonchev–Trinajstić information content (AvgIpc) is 2.49. The summed E-state index contributed by atoms with van der Waals surface area (Å²) in [4.78, 5) is 19.2. The average molecular weight is 179 g/mol. The first-order valence-corrected chi connectivity index (χ1v) is 4.15. The second kappa shape index (κ2) is 2.53. The maximum atomic E-state index is 10.7. The Labute approximate surface area is 72.1 Å². The smallest absolute Gasteiger partial charge is 0.286 e. The van der Waals surface area contributed by atoms with Gasteiger partial charge in [-0.2, -0.15) is 0 Å². The van der Waals surface area contributed by atoms with Crippen LogP contribution < -0.4 is 5.73 Å². The standard InChI is InChI=1S/C7H5N3OS/c8-5(11)6-9-3-4-1-2-12-7(4)10-6/h1-3H,(H2,8,11). The van der Waals surface area contributed by atoms with Crippen LogP contribution in [0.15, 0.2) is 17.6 Å². The largest absolute Gasteiger partial charge is 0.363 e. The minimum Gasteiger partial charge on any atom is -0.363 e. The molecular formula is C7H5N3OS. The number of aromatic nitrogens is 2. The van der Waals surface area contributed by atoms with Gasteiger partial charge in [0.15, 0.2) is 0 Å². The molecular weight excluding hydrogens is 174 g/mol. The molecule has 60 valence electrons. The second-order valence-corrected chi connectivity index (χ2v) is 3.13. The fourth-order valence-corrected chi connectivity index (χ4v) is 1.61. The molecule has 0 unspecified atom stereocenters. The van der Waals surface area contributed by atoms with Crippen LogP contribution in [0.1, 0.15) is 10.6 Å². The lowest BCUT2D eigenvalue weighted by atomic mass is 10.4. The van der Waals surface area contributed by atoms with Gasteiger partial charge < -0.3 is 5.73 Å². The molecule has 0 atom stereocenters. The Kier molecular flexibility index (Phi) is 1.51. The van der Waals surface area contributed by atoms with E-state index in [1.54, 1.807) is 6.20 Å². The third kappa shape index (κ3) is 1.04. The molecule has 4 nitrogen and oxygen atoms in total. The van der Waals surface area contributed by atoms with Crippen molar-refractivity contribution in [2.75, 3.05) is 0 Å². The van der Waals surface area contributed by atoms with E-state index in [1.165, 1.54) is 11.3 Å². The lowest BCUT2D eigenvalue weighted by Gasteiger charge is -1.91. The molecule has 0 fully saturated rings. The molecule has 12 heavy (non-hydrogen) atoms. The molecule has 2 aromatic heterocycles. The van der Waals surface area contributed by atoms with E-state index in [-0.39, 0.29) is 5.82 Å². The van der Waals surface area contributed by atoms with E-state index >= 15 is 0 Å². The number of amides is 1. The Balaban J connectivity index is 2.68. The third-order valence-electron chi connectivity index (χ3n) is 1.43. The number of carbonyl (C=O) groups is 1. The maximum Gasteiger partial charge on any atom is 0.286 e. The third-order valence-corrected chi connectivity index (χ3v) is 2.25. The van der Waals surface area contributed by atoms with Gasteiger partial charge in [-0.3, -0.25) is 4.79 Å². The second-order valence-electron chi connectivity index (χ2n) is 2.24. The van der Waals surface area contributed by atoms with E-state index in [0.717, 1.165) is 10.2 Å². The van der Waals surface area contributed by atoms with E-state index in [9.17, 15) is 4.79 Å². The van der Waals surface area contributed by atoms with Gasteiger partial charge in [0, 0.05) is 11.6 Å². The number of nitrogens with two attached hydrogens (primary N) is 1. The topological polar surface area (TPSA) is 68.9 Å². The highest BCUT2D eigenvalue weighted by molar-refractivity contribution is 7.16. The van der Waals surface area contributed by atoms with Gasteiger partial charge in [0.25, 0.3) is 5.91 Å². The molecule has 0 aliphatic rings. The van der Waals surface area contributed by atoms with E-state index in [2.05, 4.69) is 9.97 Å². The predicted molar refractivity (Wildman–Crippen MR) is 45.9 cm³/mol. The van der Waals surface area contributed by atoms with Crippen LogP contribution in [-0.2, 0) is 0 Å². The summed E-state index contributed by atoms with van der Waals surface area (Å²) in [5.41, 5.74) is 5.01. The van der Waals surface area contributed by atoms with Crippen molar-refractivity contribution in [2.24, 2.45) is 5.73 Å². The lowest BCUT2D eigenvalue weighted by molar-refractivity contribution is 0.0991. The van der Waals surface area contributed by atoms with Gasteiger partial charge >= 0.3 is 0 Å². The van der Waals surface area contributed by atoms with Crippen molar-refractivity contribution < 1.29 is 4.79 Å². The van der Waals surface area contributed by atoms with Crippen LogP contribution in [-0.4, -0.2) is 15.9 Å². The molecule has 2 rings (SSSR count). The predicted octanol–water partition coefficient (Wildman–Crippen LogP) is 0.790. The zero-order valence-corrected chi connectivity index (χ0v) is 6.84. The van der Waals surface area contributed by atoms with Crippen molar-refractivity contribution >= 4 is 27.5 Å². The van der Waals surface area contributed by atoms with Crippen LogP contribution >= 0.6 is 11.3 Å². The highest BCUT2D eigenvalue weighted by Crippen LogP contribution is 2.16. The molecule has 0 radical (unpaired) electrons. The van der Waals surface area contributed by atoms with Crippen molar-refractivity contribution in [3.05, 3.63) is 23.5 Å². The van der Waals surface area contributed by atoms with Gasteiger partial charge in [0.05, 0.1) is 0 Å². The summed E-state index contributed by atoms with van der Waals surface area (Å²) in [7, 11) is 0. The van der Waals surface area contributed by atoms with Crippen molar-refractivity contribution in [2.45, 2.75) is 0 Å². The first kappa shape index (κ1) is 7.17. The molecule has 0 aliphatic carbocycles. The van der Waals surface area contributed by atoms with E-state index in [0.29, 0.717) is 0 Å². The number of nitrogens with zero attached hydrogens (tertiary/aromatic N) is 2. The number of carbonyl (C=O) groups excluding carboxylic acids is 1. The fourth-order valence-electron chi connectivity index (χ4n) is 0.875. The number of hydrogen-bond donors (Lipinski definition) is 1. The molecule has 0 aliphatic heterocycles. The number of thiophene rings is 1. The zero-order valence-electron chi connectivity index (χ0n) is 6.02. The van der Waals surface area contributed by atoms with Gasteiger partial charge in [-0.1, -0.05) is 0 Å². The van der Waals surface area contributed by atoms with Crippen LogP contribution in [0.3, 0.4) is 0 Å². The summed E-state index contributed by atoms with van der Waals surface area (Å²) in [5.74, 6) is -0.518. The first-order chi connectivity index (χ1) is 5.77. The van der Waals surface area contributed by atoms with E-state index in [1.807, 2.05) is 11.4 Å². The summed E-state index contributed by atoms with van der Waals surface area (Å²) in [6.45, 7) is 0. The first-order valence-electron chi connectivity index (χ1n) is 3.27. The highest BCUT2D eigenvalue weighted by Gasteiger charge is 2.04. The summed E-state index contributed by atoms with van der Waals surface area (Å²) in [6.07, 6.45) is 1.60. The van der Waals surface area contributed by atoms with Crippen LogP contribution in [0.5, 0.6) is 0 Å². The van der Waals surface area contributed by atoms with Crippen LogP contribution in [0.4, 0.5) is 0 Å². The van der Waals surface area contributed by atoms with Crippen LogP contribution in [0, 0.1) is 0 Å². The summed E-state index contributed by atoms with van der Waals surface area (Å²) in [5, 5.41) is 2.83. The molecule has 1 amide bonds. The van der Waals surface area contributed by atoms with Crippen molar-refractivity contribution in [1.82, 2.24) is 9.97 Å². The van der Waals surface area contributed by atoms with E-state index in [4.69, 9.17) is 5.73 Å². The number of primary amides is 1. The SMILES string of the molecule is NC(=O)c1ncc2ccsc2n1. The maximum absolute atomic E-state index is 10.7. The van der Waals surface area contributed by atoms with Crippen molar-refractivity contribution in [1.29, 1.82) is 0 Å². The van der Waals surface area contributed by atoms with Crippen molar-refractivity contribution in [3.63, 3.8) is 0 Å². The molecule has 0 bridgehead atoms. The minimum atomic E-state index is -0.592. The highest BCUT2D eigenvalue weighted by atomic mass is 32.1. The normalized spacial score (nSPS) is 10.3. The summed E-state index contributed by atoms with van der Waals surface area (Å²) >= 11 is 1.46. The zero-order chi connectivity index (χ0) is 8.55. The van der Waals surface area contributed by atoms with Gasteiger partial charge in [-0.25, -0.2) is 9.97 Å². The number of fused-ring (bicyclic) bond motifs is 1. The van der Waals surface area contributed by atoms with Gasteiger partial charge in [0.2, 0.25) is 5.82 Å². The van der Waals surface area contributed by atoms with E-state index < -0.39 is 5.91 Å². The monoisotopic (exact) mass is 179 g/mol. The number of hydrogen-bond acceptors (Lipinski definition) is 4. The minimum absolute atomic E-state index is 0.0740. The molecule has 0 spiro atoms. The molecule has 2 heterocycles. The Bertz CT molecular complexity index is 437. The number of rotatable bonds is 1. The van der Waals surface area contributed by atoms with Crippen molar-refractivity contribution in [3.8, 4) is 0 Å². The summed E-state index contributed by atoms with van der Waals surface area (Å²) < 4.78 is 0. The Morgan fingerprint density at radius 2 is 2.42 bits per heavy atom. The van der Waals surface area contributed by atoms with Crippen LogP contribution in [0.25, 0.3) is 10.2 Å². The van der Waals surface area contributed by atoms with Gasteiger partial charge in [-0.15, -0.1) is 11.3 Å². The Morgan fingerprint density at radius 3 is 3.17 bits per heavy atom. The molecule has 5 heteroatoms. The van der Waals surface area contributed by atoms with Gasteiger partial charge in [-0.05, 0) is 11.4 Å². The Morgan fingerprint density at radius 1 is 1.58 bits per heavy atom. The van der Waals surface area contributed by atoms with Crippen LogP contribution in [0.2, 0.25) is 0 Å². The lowest BCUT2D eigenvalue weighted by Crippen LogP contribution is -2.14. The Hall–Kier alpha value is -1.49. The molecule has 2 N–H and O–H groups in total. The molecule has 2 aromatic rings. The quantitative estimate of drug-likeness (QED) is 0.703. The molecule has 0 aromatic carbocycles.